The highest BCUT2D eigenvalue weighted by molar-refractivity contribution is 5.99. The zero-order valence-electron chi connectivity index (χ0n) is 20.1. The summed E-state index contributed by atoms with van der Waals surface area (Å²) >= 11 is 0. The number of aromatic nitrogens is 2. The molecule has 2 atom stereocenters. The van der Waals surface area contributed by atoms with Crippen molar-refractivity contribution in [2.45, 2.75) is 31.4 Å². The van der Waals surface area contributed by atoms with Gasteiger partial charge in [0.05, 0.1) is 25.0 Å². The van der Waals surface area contributed by atoms with Crippen molar-refractivity contribution in [1.82, 2.24) is 19.4 Å². The number of aliphatic hydroxyl groups excluding tert-OH is 1. The second-order valence-corrected chi connectivity index (χ2v) is 9.60. The van der Waals surface area contributed by atoms with Crippen LogP contribution in [0.3, 0.4) is 0 Å². The molecular formula is C27H31N5O3. The summed E-state index contributed by atoms with van der Waals surface area (Å²) in [5.41, 5.74) is 4.67. The number of nitrogens with one attached hydrogen (secondary N) is 1. The van der Waals surface area contributed by atoms with Gasteiger partial charge < -0.3 is 19.9 Å². The van der Waals surface area contributed by atoms with E-state index in [1.54, 1.807) is 6.20 Å². The highest BCUT2D eigenvalue weighted by Gasteiger charge is 2.29. The van der Waals surface area contributed by atoms with Gasteiger partial charge in [-0.3, -0.25) is 14.5 Å². The van der Waals surface area contributed by atoms with E-state index in [4.69, 9.17) is 0 Å². The van der Waals surface area contributed by atoms with Crippen LogP contribution in [0, 0.1) is 0 Å². The number of anilines is 1. The number of fused-ring (bicyclic) bond motifs is 1. The maximum absolute atomic E-state index is 13.5. The highest BCUT2D eigenvalue weighted by atomic mass is 16.3. The molecule has 2 N–H and O–H groups in total. The molecule has 1 fully saturated rings. The first kappa shape index (κ1) is 23.3. The normalized spacial score (nSPS) is 18.4. The van der Waals surface area contributed by atoms with Crippen molar-refractivity contribution >= 4 is 17.5 Å². The number of nitrogens with zero attached hydrogens (tertiary/aromatic N) is 4. The van der Waals surface area contributed by atoms with Crippen LogP contribution in [0.1, 0.15) is 29.2 Å². The second-order valence-electron chi connectivity index (χ2n) is 9.60. The molecule has 0 unspecified atom stereocenters. The number of hydrogen-bond acceptors (Lipinski definition) is 5. The number of aryl methyl sites for hydroxylation is 1. The Morgan fingerprint density at radius 3 is 2.89 bits per heavy atom. The Morgan fingerprint density at radius 2 is 2.14 bits per heavy atom. The zero-order chi connectivity index (χ0) is 24.5. The van der Waals surface area contributed by atoms with Crippen molar-refractivity contribution in [2.75, 3.05) is 32.0 Å². The van der Waals surface area contributed by atoms with E-state index >= 15 is 0 Å². The standard InChI is InChI=1S/C27H31N5O3/c1-30-11-9-28-27(30)21-5-3-4-20(14-21)24(17-32-10-8-22(33)16-32)31(2)26(35)13-18-6-7-19-15-25(34)29-23(19)12-18/h3-7,9,11-12,14,22,24,33H,8,10,13,15-17H2,1-2H3,(H,29,34)/t22-,24-/m1/s1. The third kappa shape index (κ3) is 4.99. The molecule has 0 spiro atoms. The number of hydrogen-bond donors (Lipinski definition) is 2. The SMILES string of the molecule is CN(C(=O)Cc1ccc2c(c1)NC(=O)C2)[C@H](CN1CC[C@@H](O)C1)c1cccc(-c2nccn2C)c1. The van der Waals surface area contributed by atoms with Gasteiger partial charge >= 0.3 is 0 Å². The average molecular weight is 474 g/mol. The maximum atomic E-state index is 13.5. The van der Waals surface area contributed by atoms with Gasteiger partial charge in [0.2, 0.25) is 11.8 Å². The van der Waals surface area contributed by atoms with Crippen LogP contribution >= 0.6 is 0 Å². The minimum Gasteiger partial charge on any atom is -0.392 e. The van der Waals surface area contributed by atoms with E-state index in [-0.39, 0.29) is 30.4 Å². The minimum absolute atomic E-state index is 0.00131. The van der Waals surface area contributed by atoms with Crippen LogP contribution in [-0.2, 0) is 29.5 Å². The van der Waals surface area contributed by atoms with Gasteiger partial charge in [0.15, 0.2) is 0 Å². The lowest BCUT2D eigenvalue weighted by molar-refractivity contribution is -0.131. The second kappa shape index (κ2) is 9.64. The molecule has 0 bridgehead atoms. The van der Waals surface area contributed by atoms with Crippen molar-refractivity contribution in [3.63, 3.8) is 0 Å². The number of benzene rings is 2. The predicted octanol–water partition coefficient (Wildman–Crippen LogP) is 2.39. The van der Waals surface area contributed by atoms with Gasteiger partial charge in [-0.15, -0.1) is 0 Å². The molecule has 1 aromatic heterocycles. The monoisotopic (exact) mass is 473 g/mol. The predicted molar refractivity (Wildman–Crippen MR) is 134 cm³/mol. The van der Waals surface area contributed by atoms with Gasteiger partial charge in [-0.25, -0.2) is 4.98 Å². The molecule has 35 heavy (non-hydrogen) atoms. The van der Waals surface area contributed by atoms with Crippen molar-refractivity contribution < 1.29 is 14.7 Å². The fourth-order valence-corrected chi connectivity index (χ4v) is 5.05. The molecule has 0 aliphatic carbocycles. The van der Waals surface area contributed by atoms with E-state index in [2.05, 4.69) is 27.3 Å². The first-order valence-electron chi connectivity index (χ1n) is 12.0. The van der Waals surface area contributed by atoms with Crippen molar-refractivity contribution in [2.24, 2.45) is 7.05 Å². The average Bonchev–Trinajstić information content (AvgIpc) is 3.55. The van der Waals surface area contributed by atoms with Crippen LogP contribution in [-0.4, -0.2) is 69.1 Å². The van der Waals surface area contributed by atoms with Crippen molar-refractivity contribution in [1.29, 1.82) is 0 Å². The van der Waals surface area contributed by atoms with Crippen LogP contribution < -0.4 is 5.32 Å². The zero-order valence-corrected chi connectivity index (χ0v) is 20.1. The number of carbonyl (C=O) groups excluding carboxylic acids is 2. The summed E-state index contributed by atoms with van der Waals surface area (Å²) in [7, 11) is 3.81. The molecule has 5 rings (SSSR count). The number of imidazole rings is 1. The molecule has 8 heteroatoms. The van der Waals surface area contributed by atoms with Crippen LogP contribution in [0.25, 0.3) is 11.4 Å². The molecule has 2 aromatic carbocycles. The quantitative estimate of drug-likeness (QED) is 0.550. The summed E-state index contributed by atoms with van der Waals surface area (Å²) in [5.74, 6) is 0.860. The van der Waals surface area contributed by atoms with Gasteiger partial charge in [-0.1, -0.05) is 30.3 Å². The van der Waals surface area contributed by atoms with E-state index in [1.807, 2.05) is 60.1 Å². The Morgan fingerprint density at radius 1 is 1.29 bits per heavy atom. The number of aliphatic hydroxyl groups is 1. The highest BCUT2D eigenvalue weighted by Crippen LogP contribution is 2.29. The Kier molecular flexibility index (Phi) is 6.40. The molecule has 1 saturated heterocycles. The Labute approximate surface area is 205 Å². The van der Waals surface area contributed by atoms with Crippen molar-refractivity contribution in [3.8, 4) is 11.4 Å². The van der Waals surface area contributed by atoms with E-state index in [0.717, 1.165) is 46.7 Å². The van der Waals surface area contributed by atoms with Crippen molar-refractivity contribution in [3.05, 3.63) is 71.5 Å². The molecular weight excluding hydrogens is 442 g/mol. The Balaban J connectivity index is 1.40. The number of amides is 2. The maximum Gasteiger partial charge on any atom is 0.228 e. The van der Waals surface area contributed by atoms with E-state index in [9.17, 15) is 14.7 Å². The number of β-amino-alcohol motifs (C(OH)–C–C–N with tert-alkyl or cyclic N) is 1. The van der Waals surface area contributed by atoms with Crippen LogP contribution in [0.5, 0.6) is 0 Å². The molecule has 2 aliphatic rings. The molecule has 3 aromatic rings. The fourth-order valence-electron chi connectivity index (χ4n) is 5.05. The molecule has 0 radical (unpaired) electrons. The lowest BCUT2D eigenvalue weighted by Crippen LogP contribution is -2.39. The number of carbonyl (C=O) groups is 2. The first-order chi connectivity index (χ1) is 16.9. The minimum atomic E-state index is -0.322. The van der Waals surface area contributed by atoms with Gasteiger partial charge in [0.25, 0.3) is 0 Å². The fraction of sp³-hybridized carbons (Fsp3) is 0.370. The smallest absolute Gasteiger partial charge is 0.228 e. The lowest BCUT2D eigenvalue weighted by atomic mass is 10.0. The largest absolute Gasteiger partial charge is 0.392 e. The Hall–Kier alpha value is -3.49. The van der Waals surface area contributed by atoms with Gasteiger partial charge in [0.1, 0.15) is 5.82 Å². The molecule has 8 nitrogen and oxygen atoms in total. The number of rotatable bonds is 7. The van der Waals surface area contributed by atoms with E-state index in [0.29, 0.717) is 19.5 Å². The number of likely N-dealkylation sites (tertiary alicyclic amines) is 1. The van der Waals surface area contributed by atoms with E-state index < -0.39 is 0 Å². The third-order valence-corrected chi connectivity index (χ3v) is 7.05. The van der Waals surface area contributed by atoms with Gasteiger partial charge in [0, 0.05) is 57.4 Å². The lowest BCUT2D eigenvalue weighted by Gasteiger charge is -2.32. The summed E-state index contributed by atoms with van der Waals surface area (Å²) in [6.07, 6.45) is 4.76. The topological polar surface area (TPSA) is 90.7 Å². The molecule has 2 amide bonds. The summed E-state index contributed by atoms with van der Waals surface area (Å²) in [6.45, 7) is 2.06. The Bertz CT molecular complexity index is 1250. The summed E-state index contributed by atoms with van der Waals surface area (Å²) < 4.78 is 1.98. The molecule has 3 heterocycles. The molecule has 182 valence electrons. The van der Waals surface area contributed by atoms with Gasteiger partial charge in [-0.2, -0.15) is 0 Å². The summed E-state index contributed by atoms with van der Waals surface area (Å²) in [6, 6.07) is 13.8. The third-order valence-electron chi connectivity index (χ3n) is 7.05. The van der Waals surface area contributed by atoms with E-state index in [1.165, 1.54) is 0 Å². The van der Waals surface area contributed by atoms with Gasteiger partial charge in [-0.05, 0) is 35.2 Å². The number of likely N-dealkylation sites (N-methyl/N-ethyl adjacent to an activating group) is 1. The van der Waals surface area contributed by atoms with Crippen LogP contribution in [0.4, 0.5) is 5.69 Å². The van der Waals surface area contributed by atoms with Crippen LogP contribution in [0.2, 0.25) is 0 Å². The molecule has 2 aliphatic heterocycles. The molecule has 0 saturated carbocycles. The first-order valence-corrected chi connectivity index (χ1v) is 12.0. The summed E-state index contributed by atoms with van der Waals surface area (Å²) in [5, 5.41) is 12.9. The van der Waals surface area contributed by atoms with Crippen LogP contribution in [0.15, 0.2) is 54.9 Å². The summed E-state index contributed by atoms with van der Waals surface area (Å²) in [4.78, 5) is 33.7.